The van der Waals surface area contributed by atoms with E-state index in [0.717, 1.165) is 11.3 Å². The third-order valence-corrected chi connectivity index (χ3v) is 5.49. The van der Waals surface area contributed by atoms with E-state index in [-0.39, 0.29) is 11.4 Å². The fourth-order valence-electron chi connectivity index (χ4n) is 2.61. The van der Waals surface area contributed by atoms with Crippen molar-refractivity contribution in [2.75, 3.05) is 20.8 Å². The molecule has 0 amide bonds. The van der Waals surface area contributed by atoms with Gasteiger partial charge < -0.3 is 9.47 Å². The highest BCUT2D eigenvalue weighted by Crippen LogP contribution is 2.29. The highest BCUT2D eigenvalue weighted by molar-refractivity contribution is 7.89. The van der Waals surface area contributed by atoms with Crippen LogP contribution in [0.5, 0.6) is 11.5 Å². The van der Waals surface area contributed by atoms with Gasteiger partial charge in [0.25, 0.3) is 0 Å². The van der Waals surface area contributed by atoms with Crippen LogP contribution in [-0.4, -0.2) is 39.0 Å². The molecule has 0 unspecified atom stereocenters. The average Bonchev–Trinajstić information content (AvgIpc) is 3.17. The van der Waals surface area contributed by atoms with Crippen molar-refractivity contribution >= 4 is 10.0 Å². The summed E-state index contributed by atoms with van der Waals surface area (Å²) >= 11 is 0. The largest absolute Gasteiger partial charge is 0.493 e. The molecule has 1 heterocycles. The smallest absolute Gasteiger partial charge is 0.240 e. The molecule has 0 aliphatic rings. The predicted molar refractivity (Wildman–Crippen MR) is 102 cm³/mol. The molecular weight excluding hydrogens is 366 g/mol. The predicted octanol–water partition coefficient (Wildman–Crippen LogP) is 2.41. The van der Waals surface area contributed by atoms with Gasteiger partial charge in [-0.25, -0.2) is 17.8 Å². The molecule has 0 atom stereocenters. The highest BCUT2D eigenvalue weighted by atomic mass is 32.2. The first kappa shape index (κ1) is 18.9. The van der Waals surface area contributed by atoms with Gasteiger partial charge in [-0.2, -0.15) is 5.10 Å². The summed E-state index contributed by atoms with van der Waals surface area (Å²) in [5.74, 6) is 0.842. The summed E-state index contributed by atoms with van der Waals surface area (Å²) in [5.41, 5.74) is 1.89. The first-order chi connectivity index (χ1) is 13.0. The van der Waals surface area contributed by atoms with Crippen molar-refractivity contribution in [3.63, 3.8) is 0 Å². The number of rotatable bonds is 8. The second kappa shape index (κ2) is 8.24. The maximum atomic E-state index is 12.5. The SMILES string of the molecule is COc1ccc(S(=O)(=O)NCCc2cnn(-c3ccccc3)c2)cc1OC. The van der Waals surface area contributed by atoms with Crippen LogP contribution in [0.1, 0.15) is 5.56 Å². The first-order valence-corrected chi connectivity index (χ1v) is 9.82. The summed E-state index contributed by atoms with van der Waals surface area (Å²) in [6.07, 6.45) is 4.15. The molecule has 7 nitrogen and oxygen atoms in total. The van der Waals surface area contributed by atoms with Gasteiger partial charge in [-0.05, 0) is 36.2 Å². The number of para-hydroxylation sites is 1. The van der Waals surface area contributed by atoms with Crippen LogP contribution in [0.2, 0.25) is 0 Å². The lowest BCUT2D eigenvalue weighted by atomic mass is 10.2. The van der Waals surface area contributed by atoms with Crippen LogP contribution in [0, 0.1) is 0 Å². The number of ether oxygens (including phenoxy) is 2. The van der Waals surface area contributed by atoms with Crippen molar-refractivity contribution < 1.29 is 17.9 Å². The molecule has 1 N–H and O–H groups in total. The Balaban J connectivity index is 1.64. The zero-order valence-corrected chi connectivity index (χ0v) is 15.9. The molecule has 1 aromatic heterocycles. The number of hydrogen-bond acceptors (Lipinski definition) is 5. The van der Waals surface area contributed by atoms with Gasteiger partial charge >= 0.3 is 0 Å². The lowest BCUT2D eigenvalue weighted by Crippen LogP contribution is -2.26. The van der Waals surface area contributed by atoms with Gasteiger partial charge in [0.1, 0.15) is 0 Å². The Kier molecular flexibility index (Phi) is 5.78. The number of methoxy groups -OCH3 is 2. The van der Waals surface area contributed by atoms with Gasteiger partial charge in [-0.3, -0.25) is 0 Å². The topological polar surface area (TPSA) is 82.5 Å². The summed E-state index contributed by atoms with van der Waals surface area (Å²) in [7, 11) is -0.682. The molecule has 0 saturated heterocycles. The van der Waals surface area contributed by atoms with Crippen LogP contribution < -0.4 is 14.2 Å². The van der Waals surface area contributed by atoms with E-state index < -0.39 is 10.0 Å². The zero-order chi connectivity index (χ0) is 19.3. The number of aromatic nitrogens is 2. The number of nitrogens with zero attached hydrogens (tertiary/aromatic N) is 2. The molecule has 0 spiro atoms. The number of sulfonamides is 1. The van der Waals surface area contributed by atoms with E-state index in [1.54, 1.807) is 16.9 Å². The van der Waals surface area contributed by atoms with Crippen molar-refractivity contribution in [1.82, 2.24) is 14.5 Å². The molecule has 0 bridgehead atoms. The van der Waals surface area contributed by atoms with Crippen LogP contribution in [0.15, 0.2) is 65.8 Å². The van der Waals surface area contributed by atoms with Gasteiger partial charge in [0.05, 0.1) is 31.0 Å². The average molecular weight is 387 g/mol. The molecule has 0 fully saturated rings. The van der Waals surface area contributed by atoms with E-state index in [0.29, 0.717) is 17.9 Å². The summed E-state index contributed by atoms with van der Waals surface area (Å²) in [5, 5.41) is 4.31. The molecule has 0 aliphatic heterocycles. The van der Waals surface area contributed by atoms with Crippen LogP contribution >= 0.6 is 0 Å². The third kappa shape index (κ3) is 4.47. The molecule has 0 radical (unpaired) electrons. The van der Waals surface area contributed by atoms with E-state index in [1.165, 1.54) is 26.4 Å². The number of benzene rings is 2. The lowest BCUT2D eigenvalue weighted by molar-refractivity contribution is 0.354. The molecule has 0 aliphatic carbocycles. The normalized spacial score (nSPS) is 11.3. The molecule has 2 aromatic carbocycles. The summed E-state index contributed by atoms with van der Waals surface area (Å²) in [4.78, 5) is 0.125. The van der Waals surface area contributed by atoms with Gasteiger partial charge in [-0.15, -0.1) is 0 Å². The van der Waals surface area contributed by atoms with E-state index in [1.807, 2.05) is 36.5 Å². The molecule has 27 heavy (non-hydrogen) atoms. The van der Waals surface area contributed by atoms with E-state index >= 15 is 0 Å². The minimum atomic E-state index is -3.65. The van der Waals surface area contributed by atoms with Crippen molar-refractivity contribution in [3.05, 3.63) is 66.5 Å². The van der Waals surface area contributed by atoms with Crippen LogP contribution in [0.25, 0.3) is 5.69 Å². The zero-order valence-electron chi connectivity index (χ0n) is 15.1. The minimum Gasteiger partial charge on any atom is -0.493 e. The van der Waals surface area contributed by atoms with Crippen molar-refractivity contribution in [1.29, 1.82) is 0 Å². The van der Waals surface area contributed by atoms with Gasteiger partial charge in [0.15, 0.2) is 11.5 Å². The Bertz CT molecular complexity index is 1000. The van der Waals surface area contributed by atoms with E-state index in [2.05, 4.69) is 9.82 Å². The van der Waals surface area contributed by atoms with Gasteiger partial charge in [0.2, 0.25) is 10.0 Å². The quantitative estimate of drug-likeness (QED) is 0.642. The second-order valence-corrected chi connectivity index (χ2v) is 7.56. The Hall–Kier alpha value is -2.84. The van der Waals surface area contributed by atoms with Crippen LogP contribution in [0.4, 0.5) is 0 Å². The molecular formula is C19H21N3O4S. The fraction of sp³-hybridized carbons (Fsp3) is 0.211. The standard InChI is InChI=1S/C19H21N3O4S/c1-25-18-9-8-17(12-19(18)26-2)27(23,24)21-11-10-15-13-20-22(14-15)16-6-4-3-5-7-16/h3-9,12-14,21H,10-11H2,1-2H3. The Labute approximate surface area is 158 Å². The number of hydrogen-bond donors (Lipinski definition) is 1. The fourth-order valence-corrected chi connectivity index (χ4v) is 3.65. The summed E-state index contributed by atoms with van der Waals surface area (Å²) < 4.78 is 39.6. The molecule has 3 aromatic rings. The molecule has 0 saturated carbocycles. The van der Waals surface area contributed by atoms with Crippen LogP contribution in [-0.2, 0) is 16.4 Å². The van der Waals surface area contributed by atoms with Crippen molar-refractivity contribution in [3.8, 4) is 17.2 Å². The Morgan fingerprint density at radius 1 is 1.04 bits per heavy atom. The maximum absolute atomic E-state index is 12.5. The maximum Gasteiger partial charge on any atom is 0.240 e. The Morgan fingerprint density at radius 2 is 1.78 bits per heavy atom. The molecule has 3 rings (SSSR count). The Morgan fingerprint density at radius 3 is 2.48 bits per heavy atom. The first-order valence-electron chi connectivity index (χ1n) is 8.34. The van der Waals surface area contributed by atoms with Gasteiger partial charge in [-0.1, -0.05) is 18.2 Å². The van der Waals surface area contributed by atoms with Crippen LogP contribution in [0.3, 0.4) is 0 Å². The molecule has 8 heteroatoms. The second-order valence-electron chi connectivity index (χ2n) is 5.79. The lowest BCUT2D eigenvalue weighted by Gasteiger charge is -2.10. The van der Waals surface area contributed by atoms with E-state index in [4.69, 9.17) is 9.47 Å². The van der Waals surface area contributed by atoms with Gasteiger partial charge in [0, 0.05) is 18.8 Å². The third-order valence-electron chi connectivity index (χ3n) is 4.03. The summed E-state index contributed by atoms with van der Waals surface area (Å²) in [6.45, 7) is 0.261. The minimum absolute atomic E-state index is 0.125. The highest BCUT2D eigenvalue weighted by Gasteiger charge is 2.16. The van der Waals surface area contributed by atoms with Crippen molar-refractivity contribution in [2.45, 2.75) is 11.3 Å². The molecule has 142 valence electrons. The van der Waals surface area contributed by atoms with Crippen molar-refractivity contribution in [2.24, 2.45) is 0 Å². The monoisotopic (exact) mass is 387 g/mol. The summed E-state index contributed by atoms with van der Waals surface area (Å²) in [6, 6.07) is 14.2. The van der Waals surface area contributed by atoms with E-state index in [9.17, 15) is 8.42 Å². The number of nitrogens with one attached hydrogen (secondary N) is 1.